The van der Waals surface area contributed by atoms with Gasteiger partial charge in [0.15, 0.2) is 0 Å². The Labute approximate surface area is 122 Å². The minimum absolute atomic E-state index is 0.307. The minimum Gasteiger partial charge on any atom is -0.373 e. The van der Waals surface area contributed by atoms with Gasteiger partial charge in [0.05, 0.1) is 10.6 Å². The minimum atomic E-state index is 0.307. The topological polar surface area (TPSA) is 67.1 Å². The van der Waals surface area contributed by atoms with Crippen LogP contribution in [0.5, 0.6) is 0 Å². The summed E-state index contributed by atoms with van der Waals surface area (Å²) in [6, 6.07) is 6.24. The first kappa shape index (κ1) is 13.3. The van der Waals surface area contributed by atoms with Crippen molar-refractivity contribution in [1.29, 1.82) is 0 Å². The third-order valence-corrected chi connectivity index (χ3v) is 4.58. The number of rotatable bonds is 4. The molecule has 0 aliphatic carbocycles. The molecule has 0 unspecified atom stereocenters. The Morgan fingerprint density at radius 2 is 2.10 bits per heavy atom. The van der Waals surface area contributed by atoms with Crippen LogP contribution in [0, 0.1) is 0 Å². The van der Waals surface area contributed by atoms with Crippen LogP contribution < -0.4 is 11.1 Å². The Kier molecular flexibility index (Phi) is 3.84. The lowest BCUT2D eigenvalue weighted by Crippen LogP contribution is -2.17. The van der Waals surface area contributed by atoms with E-state index in [1.165, 1.54) is 30.8 Å². The van der Waals surface area contributed by atoms with Crippen LogP contribution in [0.25, 0.3) is 10.6 Å². The number of anilines is 2. The normalized spacial score (nSPS) is 15.7. The molecule has 0 atom stereocenters. The van der Waals surface area contributed by atoms with E-state index < -0.39 is 0 Å². The number of nitrogens with two attached hydrogens (primary N) is 1. The molecule has 3 rings (SSSR count). The van der Waals surface area contributed by atoms with Crippen molar-refractivity contribution in [3.8, 4) is 10.6 Å². The number of nitrogens with zero attached hydrogens (tertiary/aromatic N) is 3. The lowest BCUT2D eigenvalue weighted by atomic mass is 10.3. The van der Waals surface area contributed by atoms with Crippen LogP contribution >= 0.6 is 11.3 Å². The molecule has 1 fully saturated rings. The van der Waals surface area contributed by atoms with Crippen molar-refractivity contribution in [2.45, 2.75) is 19.4 Å². The van der Waals surface area contributed by atoms with Gasteiger partial charge in [-0.15, -0.1) is 11.3 Å². The average Bonchev–Trinajstić information content (AvgIpc) is 3.10. The van der Waals surface area contributed by atoms with Crippen molar-refractivity contribution in [1.82, 2.24) is 14.9 Å². The fourth-order valence-electron chi connectivity index (χ4n) is 2.48. The summed E-state index contributed by atoms with van der Waals surface area (Å²) in [5.74, 6) is 1.06. The monoisotopic (exact) mass is 289 g/mol. The first-order valence-corrected chi connectivity index (χ1v) is 7.70. The quantitative estimate of drug-likeness (QED) is 0.905. The molecule has 0 radical (unpaired) electrons. The average molecular weight is 289 g/mol. The Balaban J connectivity index is 1.80. The molecule has 3 heterocycles. The Bertz CT molecular complexity index is 589. The van der Waals surface area contributed by atoms with Crippen LogP contribution in [0.3, 0.4) is 0 Å². The number of aromatic nitrogens is 2. The second kappa shape index (κ2) is 5.76. The van der Waals surface area contributed by atoms with Crippen LogP contribution in [0.2, 0.25) is 0 Å². The molecule has 0 bridgehead atoms. The van der Waals surface area contributed by atoms with E-state index in [2.05, 4.69) is 32.3 Å². The molecule has 0 saturated carbocycles. The zero-order valence-corrected chi connectivity index (χ0v) is 12.4. The van der Waals surface area contributed by atoms with Gasteiger partial charge in [0.1, 0.15) is 5.82 Å². The van der Waals surface area contributed by atoms with Gasteiger partial charge in [-0.2, -0.15) is 4.98 Å². The highest BCUT2D eigenvalue weighted by Gasteiger charge is 2.14. The molecule has 3 N–H and O–H groups in total. The summed E-state index contributed by atoms with van der Waals surface area (Å²) in [6.45, 7) is 3.49. The number of nitrogens with one attached hydrogen (secondary N) is 1. The molecular formula is C14H19N5S. The lowest BCUT2D eigenvalue weighted by molar-refractivity contribution is 0.334. The number of hydrogen-bond donors (Lipinski definition) is 2. The molecule has 2 aromatic heterocycles. The lowest BCUT2D eigenvalue weighted by Gasteiger charge is -2.12. The summed E-state index contributed by atoms with van der Waals surface area (Å²) in [5, 5.41) is 3.01. The van der Waals surface area contributed by atoms with Gasteiger partial charge < -0.3 is 11.1 Å². The van der Waals surface area contributed by atoms with E-state index in [0.717, 1.165) is 22.9 Å². The molecule has 5 nitrogen and oxygen atoms in total. The van der Waals surface area contributed by atoms with Gasteiger partial charge in [-0.25, -0.2) is 4.98 Å². The summed E-state index contributed by atoms with van der Waals surface area (Å²) in [4.78, 5) is 13.5. The van der Waals surface area contributed by atoms with Gasteiger partial charge in [-0.3, -0.25) is 4.90 Å². The highest BCUT2D eigenvalue weighted by Crippen LogP contribution is 2.29. The van der Waals surface area contributed by atoms with Gasteiger partial charge >= 0.3 is 0 Å². The zero-order valence-electron chi connectivity index (χ0n) is 11.6. The summed E-state index contributed by atoms with van der Waals surface area (Å²) >= 11 is 1.79. The van der Waals surface area contributed by atoms with Crippen LogP contribution in [0.1, 0.15) is 17.7 Å². The van der Waals surface area contributed by atoms with Gasteiger partial charge in [-0.05, 0) is 38.1 Å². The van der Waals surface area contributed by atoms with Crippen LogP contribution in [-0.4, -0.2) is 35.0 Å². The summed E-state index contributed by atoms with van der Waals surface area (Å²) in [7, 11) is 1.83. The molecule has 0 aromatic carbocycles. The summed E-state index contributed by atoms with van der Waals surface area (Å²) in [6.07, 6.45) is 2.65. The van der Waals surface area contributed by atoms with Crippen molar-refractivity contribution in [3.63, 3.8) is 0 Å². The summed E-state index contributed by atoms with van der Waals surface area (Å²) < 4.78 is 0. The maximum Gasteiger partial charge on any atom is 0.222 e. The molecule has 1 aliphatic heterocycles. The van der Waals surface area contributed by atoms with E-state index in [4.69, 9.17) is 5.73 Å². The van der Waals surface area contributed by atoms with E-state index in [0.29, 0.717) is 5.95 Å². The van der Waals surface area contributed by atoms with Crippen molar-refractivity contribution in [2.75, 3.05) is 31.2 Å². The van der Waals surface area contributed by atoms with E-state index >= 15 is 0 Å². The van der Waals surface area contributed by atoms with Crippen LogP contribution in [-0.2, 0) is 6.54 Å². The highest BCUT2D eigenvalue weighted by atomic mass is 32.1. The van der Waals surface area contributed by atoms with Gasteiger partial charge in [-0.1, -0.05) is 0 Å². The SMILES string of the molecule is CNc1cc(-c2ccc(CN3CCCC3)s2)nc(N)n1. The molecular weight excluding hydrogens is 270 g/mol. The highest BCUT2D eigenvalue weighted by molar-refractivity contribution is 7.15. The largest absolute Gasteiger partial charge is 0.373 e. The van der Waals surface area contributed by atoms with Crippen LogP contribution in [0.15, 0.2) is 18.2 Å². The number of thiophene rings is 1. The first-order valence-electron chi connectivity index (χ1n) is 6.88. The van der Waals surface area contributed by atoms with Gasteiger partial charge in [0, 0.05) is 24.5 Å². The van der Waals surface area contributed by atoms with Crippen molar-refractivity contribution in [3.05, 3.63) is 23.1 Å². The van der Waals surface area contributed by atoms with Crippen molar-refractivity contribution < 1.29 is 0 Å². The van der Waals surface area contributed by atoms with Crippen molar-refractivity contribution in [2.24, 2.45) is 0 Å². The van der Waals surface area contributed by atoms with Crippen molar-refractivity contribution >= 4 is 23.1 Å². The Hall–Kier alpha value is -1.66. The number of hydrogen-bond acceptors (Lipinski definition) is 6. The summed E-state index contributed by atoms with van der Waals surface area (Å²) in [5.41, 5.74) is 6.63. The molecule has 1 saturated heterocycles. The fourth-order valence-corrected chi connectivity index (χ4v) is 3.49. The molecule has 20 heavy (non-hydrogen) atoms. The predicted octanol–water partition coefficient (Wildman–Crippen LogP) is 2.42. The predicted molar refractivity (Wildman–Crippen MR) is 83.8 cm³/mol. The molecule has 0 amide bonds. The number of nitrogen functional groups attached to an aromatic ring is 1. The maximum atomic E-state index is 5.75. The molecule has 106 valence electrons. The van der Waals surface area contributed by atoms with E-state index in [-0.39, 0.29) is 0 Å². The zero-order chi connectivity index (χ0) is 13.9. The molecule has 0 spiro atoms. The van der Waals surface area contributed by atoms with E-state index in [9.17, 15) is 0 Å². The smallest absolute Gasteiger partial charge is 0.222 e. The second-order valence-corrected chi connectivity index (χ2v) is 6.16. The van der Waals surface area contributed by atoms with Gasteiger partial charge in [0.2, 0.25) is 5.95 Å². The second-order valence-electron chi connectivity index (χ2n) is 5.00. The Morgan fingerprint density at radius 3 is 2.85 bits per heavy atom. The third kappa shape index (κ3) is 2.91. The van der Waals surface area contributed by atoms with E-state index in [1.54, 1.807) is 11.3 Å². The third-order valence-electron chi connectivity index (χ3n) is 3.49. The first-order chi connectivity index (χ1) is 9.74. The maximum absolute atomic E-state index is 5.75. The van der Waals surface area contributed by atoms with Crippen LogP contribution in [0.4, 0.5) is 11.8 Å². The number of likely N-dealkylation sites (tertiary alicyclic amines) is 1. The molecule has 2 aromatic rings. The fraction of sp³-hybridized carbons (Fsp3) is 0.429. The van der Waals surface area contributed by atoms with E-state index in [1.807, 2.05) is 13.1 Å². The Morgan fingerprint density at radius 1 is 1.30 bits per heavy atom. The standard InChI is InChI=1S/C14H19N5S/c1-16-13-8-11(17-14(15)18-13)12-5-4-10(20-12)9-19-6-2-3-7-19/h4-5,8H,2-3,6-7,9H2,1H3,(H3,15,16,17,18). The van der Waals surface area contributed by atoms with Gasteiger partial charge in [0.25, 0.3) is 0 Å². The molecule has 6 heteroatoms. The molecule has 1 aliphatic rings.